The molecule has 1 aromatic carbocycles. The first-order valence-corrected chi connectivity index (χ1v) is 10.2. The predicted molar refractivity (Wildman–Crippen MR) is 115 cm³/mol. The van der Waals surface area contributed by atoms with Crippen molar-refractivity contribution >= 4 is 23.5 Å². The van der Waals surface area contributed by atoms with Gasteiger partial charge in [0.25, 0.3) is 5.91 Å². The van der Waals surface area contributed by atoms with Crippen molar-refractivity contribution in [2.75, 3.05) is 45.7 Å². The third-order valence-electron chi connectivity index (χ3n) is 5.21. The minimum atomic E-state index is -0.684. The summed E-state index contributed by atoms with van der Waals surface area (Å²) in [7, 11) is 3.77. The van der Waals surface area contributed by atoms with Crippen molar-refractivity contribution in [3.63, 3.8) is 0 Å². The molecule has 3 rings (SSSR count). The van der Waals surface area contributed by atoms with Gasteiger partial charge >= 0.3 is 6.09 Å². The van der Waals surface area contributed by atoms with Crippen LogP contribution in [0.3, 0.4) is 0 Å². The van der Waals surface area contributed by atoms with Crippen LogP contribution in [0, 0.1) is 23.1 Å². The van der Waals surface area contributed by atoms with Gasteiger partial charge in [0.2, 0.25) is 0 Å². The van der Waals surface area contributed by atoms with E-state index < -0.39 is 17.9 Å². The summed E-state index contributed by atoms with van der Waals surface area (Å²) in [6, 6.07) is 7.46. The van der Waals surface area contributed by atoms with E-state index in [2.05, 4.69) is 16.5 Å². The summed E-state index contributed by atoms with van der Waals surface area (Å²) in [5.74, 6) is -1.41. The van der Waals surface area contributed by atoms with E-state index in [9.17, 15) is 19.2 Å². The topological polar surface area (TPSA) is 130 Å². The third-order valence-corrected chi connectivity index (χ3v) is 5.21. The van der Waals surface area contributed by atoms with Crippen molar-refractivity contribution < 1.29 is 18.7 Å². The molecule has 0 radical (unpaired) electrons. The average Bonchev–Trinajstić information content (AvgIpc) is 3.18. The Bertz CT molecular complexity index is 1000. The van der Waals surface area contributed by atoms with Gasteiger partial charge in [-0.25, -0.2) is 9.18 Å². The standard InChI is InChI=1S/C21H26FN7O3/c1-27(2)9-10-32-21(31)28-8-7-18(14(11-23)12-28)29-13-17(19(24)30)20(26-29)25-16-5-3-15(22)4-6-16/h3-6,13-14,18H,7-10,12H2,1-2H3,(H2,24,30)(H,25,26). The van der Waals surface area contributed by atoms with Crippen LogP contribution in [0.25, 0.3) is 0 Å². The highest BCUT2D eigenvalue weighted by molar-refractivity contribution is 5.98. The Labute approximate surface area is 185 Å². The number of hydrogen-bond acceptors (Lipinski definition) is 7. The number of amides is 2. The maximum Gasteiger partial charge on any atom is 0.409 e. The molecule has 0 spiro atoms. The number of nitrogens with zero attached hydrogens (tertiary/aromatic N) is 5. The van der Waals surface area contributed by atoms with Crippen LogP contribution in [0.1, 0.15) is 22.8 Å². The quantitative estimate of drug-likeness (QED) is 0.669. The van der Waals surface area contributed by atoms with Crippen LogP contribution < -0.4 is 11.1 Å². The van der Waals surface area contributed by atoms with E-state index in [1.54, 1.807) is 0 Å². The molecule has 1 fully saturated rings. The molecule has 2 amide bonds. The van der Waals surface area contributed by atoms with Crippen LogP contribution in [0.4, 0.5) is 20.7 Å². The molecule has 1 aliphatic rings. The first-order valence-electron chi connectivity index (χ1n) is 10.2. The van der Waals surface area contributed by atoms with Crippen molar-refractivity contribution in [1.82, 2.24) is 19.6 Å². The van der Waals surface area contributed by atoms with Gasteiger partial charge in [0.05, 0.1) is 18.0 Å². The number of likely N-dealkylation sites (tertiary alicyclic amines) is 1. The fraction of sp³-hybridized carbons (Fsp3) is 0.429. The zero-order valence-corrected chi connectivity index (χ0v) is 18.0. The lowest BCUT2D eigenvalue weighted by Crippen LogP contribution is -2.44. The minimum Gasteiger partial charge on any atom is -0.448 e. The number of nitriles is 1. The van der Waals surface area contributed by atoms with Crippen molar-refractivity contribution in [2.45, 2.75) is 12.5 Å². The second kappa shape index (κ2) is 10.1. The minimum absolute atomic E-state index is 0.150. The van der Waals surface area contributed by atoms with E-state index >= 15 is 0 Å². The van der Waals surface area contributed by atoms with E-state index in [0.29, 0.717) is 25.2 Å². The van der Waals surface area contributed by atoms with Crippen molar-refractivity contribution in [3.8, 4) is 6.07 Å². The molecule has 11 heteroatoms. The summed E-state index contributed by atoms with van der Waals surface area (Å²) >= 11 is 0. The Kier molecular flexibility index (Phi) is 7.27. The number of hydrogen-bond donors (Lipinski definition) is 2. The molecule has 32 heavy (non-hydrogen) atoms. The first kappa shape index (κ1) is 23.0. The summed E-state index contributed by atoms with van der Waals surface area (Å²) in [4.78, 5) is 27.7. The Morgan fingerprint density at radius 2 is 2.09 bits per heavy atom. The smallest absolute Gasteiger partial charge is 0.409 e. The number of nitrogens with one attached hydrogen (secondary N) is 1. The number of rotatable bonds is 7. The summed E-state index contributed by atoms with van der Waals surface area (Å²) in [5.41, 5.74) is 6.18. The predicted octanol–water partition coefficient (Wildman–Crippen LogP) is 1.95. The third kappa shape index (κ3) is 5.53. The molecule has 2 atom stereocenters. The second-order valence-electron chi connectivity index (χ2n) is 7.82. The Morgan fingerprint density at radius 1 is 1.38 bits per heavy atom. The number of likely N-dealkylation sites (N-methyl/N-ethyl adjacent to an activating group) is 1. The van der Waals surface area contributed by atoms with E-state index in [1.165, 1.54) is 40.0 Å². The lowest BCUT2D eigenvalue weighted by molar-refractivity contribution is 0.0737. The lowest BCUT2D eigenvalue weighted by atomic mass is 9.94. The number of nitrogens with two attached hydrogens (primary N) is 1. The summed E-state index contributed by atoms with van der Waals surface area (Å²) in [6.45, 7) is 1.45. The van der Waals surface area contributed by atoms with Crippen molar-refractivity contribution in [3.05, 3.63) is 41.8 Å². The number of aromatic nitrogens is 2. The van der Waals surface area contributed by atoms with Crippen LogP contribution in [0.5, 0.6) is 0 Å². The van der Waals surface area contributed by atoms with Gasteiger partial charge in [-0.2, -0.15) is 10.4 Å². The molecule has 0 saturated carbocycles. The largest absolute Gasteiger partial charge is 0.448 e. The highest BCUT2D eigenvalue weighted by atomic mass is 19.1. The number of carbonyl (C=O) groups excluding carboxylic acids is 2. The van der Waals surface area contributed by atoms with Gasteiger partial charge in [-0.15, -0.1) is 0 Å². The molecule has 2 heterocycles. The number of benzene rings is 1. The summed E-state index contributed by atoms with van der Waals surface area (Å²) in [6.07, 6.45) is 1.49. The fourth-order valence-corrected chi connectivity index (χ4v) is 3.46. The molecular formula is C21H26FN7O3. The summed E-state index contributed by atoms with van der Waals surface area (Å²) < 4.78 is 20.0. The molecule has 1 aliphatic heterocycles. The average molecular weight is 443 g/mol. The first-order chi connectivity index (χ1) is 15.3. The van der Waals surface area contributed by atoms with Gasteiger partial charge in [0, 0.05) is 31.5 Å². The van der Waals surface area contributed by atoms with Gasteiger partial charge in [0.15, 0.2) is 5.82 Å². The van der Waals surface area contributed by atoms with Gasteiger partial charge in [-0.3, -0.25) is 9.48 Å². The van der Waals surface area contributed by atoms with Gasteiger partial charge in [-0.1, -0.05) is 0 Å². The van der Waals surface area contributed by atoms with E-state index in [0.717, 1.165) is 0 Å². The van der Waals surface area contributed by atoms with Crippen molar-refractivity contribution in [1.29, 1.82) is 5.26 Å². The molecule has 0 aliphatic carbocycles. The molecule has 170 valence electrons. The molecule has 1 saturated heterocycles. The summed E-state index contributed by atoms with van der Waals surface area (Å²) in [5, 5.41) is 17.1. The van der Waals surface area contributed by atoms with Gasteiger partial charge in [-0.05, 0) is 44.8 Å². The monoisotopic (exact) mass is 443 g/mol. The van der Waals surface area contributed by atoms with Crippen LogP contribution in [0.15, 0.2) is 30.5 Å². The second-order valence-corrected chi connectivity index (χ2v) is 7.82. The number of primary amides is 1. The SMILES string of the molecule is CN(C)CCOC(=O)N1CCC(n2cc(C(N)=O)c(Nc3ccc(F)cc3)n2)C(C#N)C1. The van der Waals surface area contributed by atoms with Crippen LogP contribution in [-0.4, -0.2) is 71.9 Å². The van der Waals surface area contributed by atoms with Gasteiger partial charge in [0.1, 0.15) is 18.0 Å². The van der Waals surface area contributed by atoms with E-state index in [4.69, 9.17) is 10.5 Å². The van der Waals surface area contributed by atoms with E-state index in [-0.39, 0.29) is 36.4 Å². The maximum absolute atomic E-state index is 13.2. The number of ether oxygens (including phenoxy) is 1. The van der Waals surface area contributed by atoms with Crippen LogP contribution in [-0.2, 0) is 4.74 Å². The molecule has 3 N–H and O–H groups in total. The lowest BCUT2D eigenvalue weighted by Gasteiger charge is -2.34. The highest BCUT2D eigenvalue weighted by Crippen LogP contribution is 2.30. The Hall–Kier alpha value is -3.65. The number of halogens is 1. The molecule has 1 aromatic heterocycles. The number of carbonyl (C=O) groups is 2. The van der Waals surface area contributed by atoms with Crippen LogP contribution >= 0.6 is 0 Å². The van der Waals surface area contributed by atoms with E-state index in [1.807, 2.05) is 19.0 Å². The Balaban J connectivity index is 1.73. The zero-order chi connectivity index (χ0) is 23.3. The Morgan fingerprint density at radius 3 is 2.72 bits per heavy atom. The molecular weight excluding hydrogens is 417 g/mol. The maximum atomic E-state index is 13.2. The highest BCUT2D eigenvalue weighted by Gasteiger charge is 2.34. The molecule has 10 nitrogen and oxygen atoms in total. The zero-order valence-electron chi connectivity index (χ0n) is 18.0. The fourth-order valence-electron chi connectivity index (χ4n) is 3.46. The van der Waals surface area contributed by atoms with Gasteiger partial charge < -0.3 is 25.6 Å². The molecule has 0 bridgehead atoms. The number of anilines is 2. The molecule has 2 unspecified atom stereocenters. The molecule has 2 aromatic rings. The normalized spacial score (nSPS) is 18.3. The van der Waals surface area contributed by atoms with Crippen molar-refractivity contribution in [2.24, 2.45) is 11.7 Å². The number of piperidine rings is 1. The van der Waals surface area contributed by atoms with Crippen LogP contribution in [0.2, 0.25) is 0 Å².